The first-order valence-corrected chi connectivity index (χ1v) is 13.3. The smallest absolute Gasteiger partial charge is 0.268 e. The van der Waals surface area contributed by atoms with Gasteiger partial charge in [-0.3, -0.25) is 9.78 Å². The van der Waals surface area contributed by atoms with Crippen LogP contribution in [0.3, 0.4) is 0 Å². The predicted molar refractivity (Wildman–Crippen MR) is 140 cm³/mol. The summed E-state index contributed by atoms with van der Waals surface area (Å²) in [6.07, 6.45) is 5.75. The lowest BCUT2D eigenvalue weighted by atomic mass is 10.1. The molecule has 0 fully saturated rings. The normalized spacial score (nSPS) is 11.8. The Bertz CT molecular complexity index is 1740. The van der Waals surface area contributed by atoms with Gasteiger partial charge in [-0.25, -0.2) is 17.8 Å². The monoisotopic (exact) mass is 499 g/mol. The third-order valence-electron chi connectivity index (χ3n) is 6.29. The lowest BCUT2D eigenvalue weighted by Crippen LogP contribution is -2.33. The second kappa shape index (κ2) is 9.54. The van der Waals surface area contributed by atoms with E-state index in [1.165, 1.54) is 18.3 Å². The largest absolute Gasteiger partial charge is 0.350 e. The number of aryl methyl sites for hydroxylation is 1. The van der Waals surface area contributed by atoms with E-state index in [-0.39, 0.29) is 21.4 Å². The van der Waals surface area contributed by atoms with Gasteiger partial charge in [0.05, 0.1) is 16.6 Å². The number of hydrogen-bond donors (Lipinski definition) is 0. The van der Waals surface area contributed by atoms with Crippen molar-refractivity contribution in [2.45, 2.75) is 37.5 Å². The van der Waals surface area contributed by atoms with Gasteiger partial charge >= 0.3 is 5.69 Å². The average Bonchev–Trinajstić information content (AvgIpc) is 3.20. The third kappa shape index (κ3) is 4.03. The number of unbranched alkanes of at least 4 members (excludes halogenated alkanes) is 2. The standard InChI is InChI=1S/C28H25N3O4S/c1-2-3-4-9-20-15-17-22(18-16-20)27(32)30-23-12-5-6-13-24(23)31(28(30)33)36(34,35)25-14-7-10-21-11-8-19-29-26(21)25/h5-8,10-19H,2-4,9H2,1H3. The van der Waals surface area contributed by atoms with Crippen molar-refractivity contribution >= 4 is 37.9 Å². The third-order valence-corrected chi connectivity index (χ3v) is 8.01. The molecule has 182 valence electrons. The molecular weight excluding hydrogens is 474 g/mol. The second-order valence-electron chi connectivity index (χ2n) is 8.67. The Morgan fingerprint density at radius 3 is 2.33 bits per heavy atom. The van der Waals surface area contributed by atoms with Crippen molar-refractivity contribution in [3.63, 3.8) is 0 Å². The Kier molecular flexibility index (Phi) is 6.28. The van der Waals surface area contributed by atoms with Crippen molar-refractivity contribution in [1.29, 1.82) is 0 Å². The summed E-state index contributed by atoms with van der Waals surface area (Å²) in [5, 5.41) is 0.630. The summed E-state index contributed by atoms with van der Waals surface area (Å²) in [4.78, 5) is 31.2. The van der Waals surface area contributed by atoms with Crippen LogP contribution in [0.15, 0.2) is 94.7 Å². The Morgan fingerprint density at radius 2 is 1.58 bits per heavy atom. The predicted octanol–water partition coefficient (Wildman–Crippen LogP) is 5.01. The minimum atomic E-state index is -4.37. The van der Waals surface area contributed by atoms with Crippen LogP contribution in [-0.4, -0.2) is 27.8 Å². The van der Waals surface area contributed by atoms with Gasteiger partial charge in [0, 0.05) is 17.1 Å². The number of benzene rings is 3. The van der Waals surface area contributed by atoms with Crippen molar-refractivity contribution in [2.24, 2.45) is 0 Å². The summed E-state index contributed by atoms with van der Waals surface area (Å²) in [5.74, 6) is -0.582. The zero-order chi connectivity index (χ0) is 25.3. The van der Waals surface area contributed by atoms with E-state index in [2.05, 4.69) is 11.9 Å². The summed E-state index contributed by atoms with van der Waals surface area (Å²) in [5.41, 5.74) is 1.08. The number of fused-ring (bicyclic) bond motifs is 2. The van der Waals surface area contributed by atoms with Gasteiger partial charge in [-0.1, -0.05) is 62.2 Å². The van der Waals surface area contributed by atoms with Crippen LogP contribution in [0, 0.1) is 0 Å². The van der Waals surface area contributed by atoms with E-state index in [1.54, 1.807) is 54.6 Å². The fourth-order valence-corrected chi connectivity index (χ4v) is 6.02. The maximum atomic E-state index is 13.8. The minimum absolute atomic E-state index is 0.102. The van der Waals surface area contributed by atoms with Crippen LogP contribution in [-0.2, 0) is 16.4 Å². The first-order chi connectivity index (χ1) is 17.4. The van der Waals surface area contributed by atoms with E-state index in [0.717, 1.165) is 35.8 Å². The highest BCUT2D eigenvalue weighted by Gasteiger charge is 2.29. The molecule has 5 rings (SSSR count). The molecular formula is C28H25N3O4S. The Labute approximate surface area is 208 Å². The van der Waals surface area contributed by atoms with Crippen molar-refractivity contribution < 1.29 is 13.2 Å². The molecule has 3 aromatic carbocycles. The molecule has 0 bridgehead atoms. The average molecular weight is 500 g/mol. The van der Waals surface area contributed by atoms with E-state index in [0.29, 0.717) is 14.9 Å². The summed E-state index contributed by atoms with van der Waals surface area (Å²) < 4.78 is 29.3. The fourth-order valence-electron chi connectivity index (χ4n) is 4.46. The van der Waals surface area contributed by atoms with Crippen LogP contribution >= 0.6 is 0 Å². The summed E-state index contributed by atoms with van der Waals surface area (Å²) >= 11 is 0. The highest BCUT2D eigenvalue weighted by Crippen LogP contribution is 2.25. The molecule has 7 nitrogen and oxygen atoms in total. The van der Waals surface area contributed by atoms with Gasteiger partial charge < -0.3 is 0 Å². The summed E-state index contributed by atoms with van der Waals surface area (Å²) in [7, 11) is -4.37. The molecule has 0 amide bonds. The molecule has 5 aromatic rings. The molecule has 8 heteroatoms. The number of carbonyl (C=O) groups excluding carboxylic acids is 1. The molecule has 0 atom stereocenters. The molecule has 2 heterocycles. The number of para-hydroxylation sites is 3. The van der Waals surface area contributed by atoms with Gasteiger partial charge in [0.25, 0.3) is 15.9 Å². The van der Waals surface area contributed by atoms with Gasteiger partial charge in [-0.05, 0) is 54.8 Å². The van der Waals surface area contributed by atoms with E-state index >= 15 is 0 Å². The molecule has 0 aliphatic carbocycles. The Morgan fingerprint density at radius 1 is 0.861 bits per heavy atom. The van der Waals surface area contributed by atoms with Crippen molar-refractivity contribution in [3.8, 4) is 0 Å². The van der Waals surface area contributed by atoms with Crippen LogP contribution in [0.1, 0.15) is 42.1 Å². The van der Waals surface area contributed by atoms with E-state index in [9.17, 15) is 18.0 Å². The minimum Gasteiger partial charge on any atom is -0.268 e. The number of carbonyl (C=O) groups is 1. The van der Waals surface area contributed by atoms with Gasteiger partial charge in [-0.15, -0.1) is 0 Å². The first-order valence-electron chi connectivity index (χ1n) is 11.9. The Hall–Kier alpha value is -4.04. The molecule has 0 aliphatic heterocycles. The highest BCUT2D eigenvalue weighted by molar-refractivity contribution is 7.90. The summed E-state index contributed by atoms with van der Waals surface area (Å²) in [6, 6.07) is 21.8. The number of aromatic nitrogens is 3. The number of nitrogens with zero attached hydrogens (tertiary/aromatic N) is 3. The highest BCUT2D eigenvalue weighted by atomic mass is 32.2. The second-order valence-corrected chi connectivity index (χ2v) is 10.4. The van der Waals surface area contributed by atoms with Gasteiger partial charge in [0.15, 0.2) is 0 Å². The molecule has 36 heavy (non-hydrogen) atoms. The zero-order valence-electron chi connectivity index (χ0n) is 19.8. The van der Waals surface area contributed by atoms with Gasteiger partial charge in [0.2, 0.25) is 0 Å². The lowest BCUT2D eigenvalue weighted by Gasteiger charge is -2.08. The van der Waals surface area contributed by atoms with Crippen LogP contribution < -0.4 is 5.69 Å². The number of pyridine rings is 1. The van der Waals surface area contributed by atoms with Crippen molar-refractivity contribution in [1.82, 2.24) is 13.5 Å². The first kappa shape index (κ1) is 23.7. The number of rotatable bonds is 7. The SMILES string of the molecule is CCCCCc1ccc(C(=O)n2c(=O)n(S(=O)(=O)c3cccc4cccnc34)c3ccccc32)cc1. The maximum Gasteiger partial charge on any atom is 0.350 e. The van der Waals surface area contributed by atoms with Crippen LogP contribution in [0.4, 0.5) is 0 Å². The van der Waals surface area contributed by atoms with Crippen LogP contribution in [0.25, 0.3) is 21.9 Å². The molecule has 0 saturated carbocycles. The number of hydrogen-bond acceptors (Lipinski definition) is 5. The van der Waals surface area contributed by atoms with Gasteiger partial charge in [-0.2, -0.15) is 3.97 Å². The molecule has 0 radical (unpaired) electrons. The van der Waals surface area contributed by atoms with Crippen LogP contribution in [0.2, 0.25) is 0 Å². The molecule has 0 N–H and O–H groups in total. The molecule has 0 saturated heterocycles. The quantitative estimate of drug-likeness (QED) is 0.294. The van der Waals surface area contributed by atoms with E-state index in [4.69, 9.17) is 0 Å². The van der Waals surface area contributed by atoms with Crippen molar-refractivity contribution in [3.05, 3.63) is 107 Å². The fraction of sp³-hybridized carbons (Fsp3) is 0.179. The van der Waals surface area contributed by atoms with Crippen LogP contribution in [0.5, 0.6) is 0 Å². The van der Waals surface area contributed by atoms with Gasteiger partial charge in [0.1, 0.15) is 4.90 Å². The summed E-state index contributed by atoms with van der Waals surface area (Å²) in [6.45, 7) is 2.15. The lowest BCUT2D eigenvalue weighted by molar-refractivity contribution is 0.0961. The zero-order valence-corrected chi connectivity index (χ0v) is 20.6. The Balaban J connectivity index is 1.64. The van der Waals surface area contributed by atoms with E-state index < -0.39 is 21.6 Å². The molecule has 0 unspecified atom stereocenters. The maximum absolute atomic E-state index is 13.8. The molecule has 2 aromatic heterocycles. The van der Waals surface area contributed by atoms with E-state index in [1.807, 2.05) is 12.1 Å². The van der Waals surface area contributed by atoms with Crippen molar-refractivity contribution in [2.75, 3.05) is 0 Å². The molecule has 0 spiro atoms. The molecule has 0 aliphatic rings. The topological polar surface area (TPSA) is 91.0 Å². The number of imidazole rings is 1.